The van der Waals surface area contributed by atoms with Gasteiger partial charge in [0.05, 0.1) is 13.7 Å². The van der Waals surface area contributed by atoms with Gasteiger partial charge in [-0.25, -0.2) is 19.8 Å². The van der Waals surface area contributed by atoms with Gasteiger partial charge in [-0.2, -0.15) is 0 Å². The van der Waals surface area contributed by atoms with Crippen LogP contribution in [0.4, 0.5) is 9.59 Å². The maximum absolute atomic E-state index is 12.9. The summed E-state index contributed by atoms with van der Waals surface area (Å²) < 4.78 is 15.3. The van der Waals surface area contributed by atoms with Gasteiger partial charge >= 0.3 is 18.2 Å². The maximum Gasteiger partial charge on any atom is 0.408 e. The Morgan fingerprint density at radius 2 is 1.43 bits per heavy atom. The number of hydrogen-bond donors (Lipinski definition) is 5. The SMILES string of the molecule is COC(=O)[C@H](Cc1ccccc1)NC(=O)CNNC(=O)C(CCCCNC(=O)OCc1ccccc1)NC(=O)OC(C)(C)C. The summed E-state index contributed by atoms with van der Waals surface area (Å²) in [5.74, 6) is -1.77. The van der Waals surface area contributed by atoms with Crippen LogP contribution in [0, 0.1) is 0 Å². The third-order valence-electron chi connectivity index (χ3n) is 5.97. The van der Waals surface area contributed by atoms with Gasteiger partial charge in [0, 0.05) is 13.0 Å². The molecule has 2 rings (SSSR count). The van der Waals surface area contributed by atoms with E-state index in [1.165, 1.54) is 7.11 Å². The number of methoxy groups -OCH3 is 1. The Labute approximate surface area is 257 Å². The fourth-order valence-electron chi connectivity index (χ4n) is 3.89. The number of benzene rings is 2. The lowest BCUT2D eigenvalue weighted by Gasteiger charge is -2.23. The molecule has 0 spiro atoms. The number of nitrogens with one attached hydrogen (secondary N) is 5. The number of esters is 1. The minimum Gasteiger partial charge on any atom is -0.467 e. The van der Waals surface area contributed by atoms with E-state index in [1.807, 2.05) is 60.7 Å². The van der Waals surface area contributed by atoms with Gasteiger partial charge in [0.2, 0.25) is 5.91 Å². The smallest absolute Gasteiger partial charge is 0.408 e. The molecule has 2 aromatic carbocycles. The topological polar surface area (TPSA) is 173 Å². The summed E-state index contributed by atoms with van der Waals surface area (Å²) >= 11 is 0. The molecule has 0 aromatic heterocycles. The van der Waals surface area contributed by atoms with Crippen molar-refractivity contribution in [2.24, 2.45) is 0 Å². The lowest BCUT2D eigenvalue weighted by molar-refractivity contribution is -0.145. The van der Waals surface area contributed by atoms with Crippen molar-refractivity contribution in [3.63, 3.8) is 0 Å². The van der Waals surface area contributed by atoms with Gasteiger partial charge in [0.15, 0.2) is 0 Å². The van der Waals surface area contributed by atoms with E-state index in [2.05, 4.69) is 26.8 Å². The van der Waals surface area contributed by atoms with Gasteiger partial charge in [-0.3, -0.25) is 15.0 Å². The molecule has 13 nitrogen and oxygen atoms in total. The highest BCUT2D eigenvalue weighted by molar-refractivity contribution is 5.87. The van der Waals surface area contributed by atoms with E-state index in [-0.39, 0.29) is 26.0 Å². The van der Waals surface area contributed by atoms with E-state index in [0.29, 0.717) is 19.4 Å². The highest BCUT2D eigenvalue weighted by atomic mass is 16.6. The van der Waals surface area contributed by atoms with E-state index in [4.69, 9.17) is 14.2 Å². The van der Waals surface area contributed by atoms with Crippen molar-refractivity contribution < 1.29 is 38.2 Å². The molecule has 240 valence electrons. The third kappa shape index (κ3) is 15.0. The highest BCUT2D eigenvalue weighted by Gasteiger charge is 2.25. The van der Waals surface area contributed by atoms with Crippen LogP contribution in [0.15, 0.2) is 60.7 Å². The lowest BCUT2D eigenvalue weighted by atomic mass is 10.1. The first-order chi connectivity index (χ1) is 21.0. The highest BCUT2D eigenvalue weighted by Crippen LogP contribution is 2.09. The predicted octanol–water partition coefficient (Wildman–Crippen LogP) is 2.50. The number of carbonyl (C=O) groups excluding carboxylic acids is 5. The van der Waals surface area contributed by atoms with Crippen molar-refractivity contribution in [3.8, 4) is 0 Å². The number of amides is 4. The van der Waals surface area contributed by atoms with E-state index < -0.39 is 47.7 Å². The molecule has 4 amide bonds. The molecule has 0 fully saturated rings. The molecule has 0 heterocycles. The molecule has 0 aliphatic rings. The molecule has 13 heteroatoms. The number of hydrogen-bond acceptors (Lipinski definition) is 9. The van der Waals surface area contributed by atoms with Crippen molar-refractivity contribution in [1.29, 1.82) is 0 Å². The number of unbranched alkanes of at least 4 members (excludes halogenated alkanes) is 1. The largest absolute Gasteiger partial charge is 0.467 e. The first kappa shape index (κ1) is 35.5. The Morgan fingerprint density at radius 1 is 0.795 bits per heavy atom. The van der Waals surface area contributed by atoms with E-state index >= 15 is 0 Å². The van der Waals surface area contributed by atoms with Gasteiger partial charge in [-0.05, 0) is 51.2 Å². The molecule has 2 aromatic rings. The van der Waals surface area contributed by atoms with Crippen LogP contribution < -0.4 is 26.8 Å². The Morgan fingerprint density at radius 3 is 2.05 bits per heavy atom. The van der Waals surface area contributed by atoms with Gasteiger partial charge in [-0.1, -0.05) is 60.7 Å². The average molecular weight is 614 g/mol. The second-order valence-corrected chi connectivity index (χ2v) is 10.9. The standard InChI is InChI=1S/C31H43N5O8/c1-31(2,3)44-30(41)35-24(17-11-12-18-32-29(40)43-21-23-15-9-6-10-16-23)27(38)36-33-20-26(37)34-25(28(39)42-4)19-22-13-7-5-8-14-22/h5-10,13-16,24-25,33H,11-12,17-21H2,1-4H3,(H,32,40)(H,34,37)(H,35,41)(H,36,38)/t24?,25-/m0/s1. The Balaban J connectivity index is 1.82. The predicted molar refractivity (Wildman–Crippen MR) is 162 cm³/mol. The van der Waals surface area contributed by atoms with E-state index in [0.717, 1.165) is 11.1 Å². The van der Waals surface area contributed by atoms with Crippen molar-refractivity contribution in [2.45, 2.75) is 70.7 Å². The summed E-state index contributed by atoms with van der Waals surface area (Å²) in [5.41, 5.74) is 5.86. The normalized spacial score (nSPS) is 12.2. The number of hydrazine groups is 1. The van der Waals surface area contributed by atoms with Crippen molar-refractivity contribution in [2.75, 3.05) is 20.2 Å². The van der Waals surface area contributed by atoms with E-state index in [1.54, 1.807) is 20.8 Å². The molecule has 5 N–H and O–H groups in total. The van der Waals surface area contributed by atoms with Crippen LogP contribution in [-0.4, -0.2) is 67.9 Å². The maximum atomic E-state index is 12.9. The monoisotopic (exact) mass is 613 g/mol. The van der Waals surface area contributed by atoms with Gasteiger partial charge < -0.3 is 30.2 Å². The molecule has 0 saturated carbocycles. The second-order valence-electron chi connectivity index (χ2n) is 10.9. The van der Waals surface area contributed by atoms with Crippen LogP contribution in [0.1, 0.15) is 51.2 Å². The lowest BCUT2D eigenvalue weighted by Crippen LogP contribution is -2.54. The summed E-state index contributed by atoms with van der Waals surface area (Å²) in [6.45, 7) is 5.20. The summed E-state index contributed by atoms with van der Waals surface area (Å²) in [7, 11) is 1.23. The van der Waals surface area contributed by atoms with Crippen molar-refractivity contribution in [3.05, 3.63) is 71.8 Å². The Hall–Kier alpha value is -4.65. The van der Waals surface area contributed by atoms with E-state index in [9.17, 15) is 24.0 Å². The zero-order valence-electron chi connectivity index (χ0n) is 25.6. The summed E-state index contributed by atoms with van der Waals surface area (Å²) in [6, 6.07) is 16.5. The third-order valence-corrected chi connectivity index (χ3v) is 5.97. The van der Waals surface area contributed by atoms with Crippen LogP contribution in [0.3, 0.4) is 0 Å². The zero-order valence-corrected chi connectivity index (χ0v) is 25.6. The summed E-state index contributed by atoms with van der Waals surface area (Å²) in [5, 5.41) is 7.79. The molecular formula is C31H43N5O8. The molecule has 0 radical (unpaired) electrons. The quantitative estimate of drug-likeness (QED) is 0.0825. The Kier molecular flexibility index (Phi) is 15.2. The molecular weight excluding hydrogens is 570 g/mol. The van der Waals surface area contributed by atoms with Crippen LogP contribution in [0.2, 0.25) is 0 Å². The van der Waals surface area contributed by atoms with Crippen LogP contribution >= 0.6 is 0 Å². The molecule has 2 atom stereocenters. The van der Waals surface area contributed by atoms with Crippen molar-refractivity contribution in [1.82, 2.24) is 26.8 Å². The minimum atomic E-state index is -0.994. The summed E-state index contributed by atoms with van der Waals surface area (Å²) in [6.07, 6.45) is 0.0874. The second kappa shape index (κ2) is 18.8. The van der Waals surface area contributed by atoms with Gasteiger partial charge in [0.25, 0.3) is 5.91 Å². The van der Waals surface area contributed by atoms with Crippen LogP contribution in [0.25, 0.3) is 0 Å². The molecule has 0 aliphatic carbocycles. The number of ether oxygens (including phenoxy) is 3. The van der Waals surface area contributed by atoms with Crippen LogP contribution in [-0.2, 0) is 41.6 Å². The first-order valence-corrected chi connectivity index (χ1v) is 14.3. The Bertz CT molecular complexity index is 1200. The first-order valence-electron chi connectivity index (χ1n) is 14.3. The number of alkyl carbamates (subject to hydrolysis) is 2. The van der Waals surface area contributed by atoms with Crippen LogP contribution in [0.5, 0.6) is 0 Å². The fourth-order valence-corrected chi connectivity index (χ4v) is 3.89. The zero-order chi connectivity index (χ0) is 32.4. The molecule has 0 saturated heterocycles. The molecule has 44 heavy (non-hydrogen) atoms. The van der Waals surface area contributed by atoms with Crippen molar-refractivity contribution >= 4 is 30.0 Å². The molecule has 1 unspecified atom stereocenters. The number of carbonyl (C=O) groups is 5. The molecule has 0 bridgehead atoms. The van der Waals surface area contributed by atoms with Gasteiger partial charge in [-0.15, -0.1) is 0 Å². The minimum absolute atomic E-state index is 0.149. The summed E-state index contributed by atoms with van der Waals surface area (Å²) in [4.78, 5) is 61.9. The number of rotatable bonds is 16. The molecule has 0 aliphatic heterocycles. The average Bonchev–Trinajstić information content (AvgIpc) is 2.98. The fraction of sp³-hybridized carbons (Fsp3) is 0.452. The van der Waals surface area contributed by atoms with Gasteiger partial charge in [0.1, 0.15) is 24.3 Å².